The topological polar surface area (TPSA) is 75.3 Å². The van der Waals surface area contributed by atoms with E-state index in [1.165, 1.54) is 0 Å². The van der Waals surface area contributed by atoms with Crippen molar-refractivity contribution in [1.82, 2.24) is 5.32 Å². The summed E-state index contributed by atoms with van der Waals surface area (Å²) in [7, 11) is -3.74. The third-order valence-corrected chi connectivity index (χ3v) is 5.87. The molecule has 3 aromatic carbocycles. The highest BCUT2D eigenvalue weighted by Crippen LogP contribution is 2.21. The second-order valence-electron chi connectivity index (χ2n) is 6.49. The van der Waals surface area contributed by atoms with E-state index < -0.39 is 10.0 Å². The van der Waals surface area contributed by atoms with Crippen molar-refractivity contribution in [3.63, 3.8) is 0 Å². The van der Waals surface area contributed by atoms with Gasteiger partial charge in [-0.15, -0.1) is 0 Å². The fourth-order valence-corrected chi connectivity index (χ4v) is 4.38. The Morgan fingerprint density at radius 2 is 1.52 bits per heavy atom. The summed E-state index contributed by atoms with van der Waals surface area (Å²) in [6, 6.07) is 23.1. The van der Waals surface area contributed by atoms with Crippen LogP contribution in [0.3, 0.4) is 0 Å². The lowest BCUT2D eigenvalue weighted by atomic mass is 10.1. The third-order valence-electron chi connectivity index (χ3n) is 4.28. The van der Waals surface area contributed by atoms with E-state index in [0.29, 0.717) is 23.6 Å². The van der Waals surface area contributed by atoms with Gasteiger partial charge in [-0.1, -0.05) is 72.3 Å². The van der Waals surface area contributed by atoms with Gasteiger partial charge >= 0.3 is 0 Å². The van der Waals surface area contributed by atoms with Crippen LogP contribution >= 0.6 is 11.6 Å². The first-order valence-electron chi connectivity index (χ1n) is 9.10. The molecule has 29 heavy (non-hydrogen) atoms. The lowest BCUT2D eigenvalue weighted by Crippen LogP contribution is -2.27. The molecule has 0 heterocycles. The van der Waals surface area contributed by atoms with Gasteiger partial charge in [-0.2, -0.15) is 0 Å². The van der Waals surface area contributed by atoms with E-state index >= 15 is 0 Å². The molecule has 3 rings (SSSR count). The molecule has 5 nitrogen and oxygen atoms in total. The summed E-state index contributed by atoms with van der Waals surface area (Å²) in [6.07, 6.45) is 0.687. The third kappa shape index (κ3) is 6.07. The number of amides is 1. The van der Waals surface area contributed by atoms with Gasteiger partial charge in [0.25, 0.3) is 5.91 Å². The van der Waals surface area contributed by atoms with E-state index in [9.17, 15) is 13.2 Å². The molecule has 0 unspecified atom stereocenters. The van der Waals surface area contributed by atoms with Crippen LogP contribution in [0.15, 0.2) is 78.9 Å². The van der Waals surface area contributed by atoms with Gasteiger partial charge in [-0.05, 0) is 35.7 Å². The zero-order valence-electron chi connectivity index (χ0n) is 15.6. The van der Waals surface area contributed by atoms with Crippen LogP contribution in [0.5, 0.6) is 0 Å². The summed E-state index contributed by atoms with van der Waals surface area (Å²) >= 11 is 6.07. The molecule has 3 aromatic rings. The first-order valence-corrected chi connectivity index (χ1v) is 11.1. The summed E-state index contributed by atoms with van der Waals surface area (Å²) in [5.41, 5.74) is 2.10. The molecular formula is C22H21ClN2O3S. The molecule has 0 saturated heterocycles. The van der Waals surface area contributed by atoms with Gasteiger partial charge in [0.05, 0.1) is 17.0 Å². The van der Waals surface area contributed by atoms with Crippen molar-refractivity contribution < 1.29 is 13.2 Å². The Balaban J connectivity index is 1.68. The highest BCUT2D eigenvalue weighted by Gasteiger charge is 2.18. The molecule has 0 fully saturated rings. The number of carbonyl (C=O) groups is 1. The predicted octanol–water partition coefficient (Wildman–Crippen LogP) is 4.25. The minimum atomic E-state index is -3.74. The van der Waals surface area contributed by atoms with E-state index in [1.54, 1.807) is 48.5 Å². The molecule has 1 amide bonds. The Hall–Kier alpha value is -2.83. The van der Waals surface area contributed by atoms with Crippen LogP contribution < -0.4 is 10.0 Å². The average molecular weight is 429 g/mol. The van der Waals surface area contributed by atoms with Crippen LogP contribution in [0.4, 0.5) is 5.69 Å². The van der Waals surface area contributed by atoms with Crippen molar-refractivity contribution in [1.29, 1.82) is 0 Å². The van der Waals surface area contributed by atoms with Gasteiger partial charge in [0.15, 0.2) is 0 Å². The summed E-state index contributed by atoms with van der Waals surface area (Å²) in [6.45, 7) is 0.448. The SMILES string of the molecule is O=C(NCCc1ccccc1)c1ccccc1NS(=O)(=O)Cc1ccccc1Cl. The van der Waals surface area contributed by atoms with Crippen molar-refractivity contribution in [2.45, 2.75) is 12.2 Å². The first-order chi connectivity index (χ1) is 13.9. The molecule has 0 atom stereocenters. The molecule has 2 N–H and O–H groups in total. The van der Waals surface area contributed by atoms with Crippen LogP contribution in [-0.4, -0.2) is 20.9 Å². The predicted molar refractivity (Wildman–Crippen MR) is 117 cm³/mol. The molecule has 0 aliphatic heterocycles. The minimum absolute atomic E-state index is 0.233. The fourth-order valence-electron chi connectivity index (χ4n) is 2.85. The van der Waals surface area contributed by atoms with E-state index in [4.69, 9.17) is 11.6 Å². The zero-order chi connectivity index (χ0) is 20.7. The standard InChI is InChI=1S/C22H21ClN2O3S/c23-20-12-6-4-10-18(20)16-29(27,28)25-21-13-7-5-11-19(21)22(26)24-15-14-17-8-2-1-3-9-17/h1-13,25H,14-16H2,(H,24,26). The van der Waals surface area contributed by atoms with Gasteiger partial charge in [-0.25, -0.2) is 8.42 Å². The average Bonchev–Trinajstić information content (AvgIpc) is 2.70. The van der Waals surface area contributed by atoms with E-state index in [1.807, 2.05) is 30.3 Å². The number of nitrogens with one attached hydrogen (secondary N) is 2. The second kappa shape index (κ2) is 9.58. The monoisotopic (exact) mass is 428 g/mol. The van der Waals surface area contributed by atoms with Crippen molar-refractivity contribution in [2.75, 3.05) is 11.3 Å². The number of rotatable bonds is 8. The van der Waals surface area contributed by atoms with Crippen molar-refractivity contribution in [2.24, 2.45) is 0 Å². The zero-order valence-corrected chi connectivity index (χ0v) is 17.2. The number of hydrogen-bond acceptors (Lipinski definition) is 3. The summed E-state index contributed by atoms with van der Waals surface area (Å²) in [4.78, 5) is 12.6. The van der Waals surface area contributed by atoms with Crippen molar-refractivity contribution in [3.8, 4) is 0 Å². The number of anilines is 1. The fraction of sp³-hybridized carbons (Fsp3) is 0.136. The molecule has 7 heteroatoms. The largest absolute Gasteiger partial charge is 0.352 e. The quantitative estimate of drug-likeness (QED) is 0.563. The molecule has 0 aliphatic rings. The number of para-hydroxylation sites is 1. The van der Waals surface area contributed by atoms with Crippen LogP contribution in [0, 0.1) is 0 Å². The van der Waals surface area contributed by atoms with Crippen LogP contribution in [0.2, 0.25) is 5.02 Å². The number of halogens is 1. The molecule has 0 radical (unpaired) electrons. The van der Waals surface area contributed by atoms with Gasteiger partial charge in [-0.3, -0.25) is 9.52 Å². The van der Waals surface area contributed by atoms with E-state index in [2.05, 4.69) is 10.0 Å². The van der Waals surface area contributed by atoms with E-state index in [-0.39, 0.29) is 22.9 Å². The summed E-state index contributed by atoms with van der Waals surface area (Å²) in [5.74, 6) is -0.617. The Labute approximate surface area is 175 Å². The van der Waals surface area contributed by atoms with Crippen LogP contribution in [-0.2, 0) is 22.2 Å². The maximum atomic E-state index is 12.6. The highest BCUT2D eigenvalue weighted by molar-refractivity contribution is 7.91. The highest BCUT2D eigenvalue weighted by atomic mass is 35.5. The molecular weight excluding hydrogens is 408 g/mol. The van der Waals surface area contributed by atoms with E-state index in [0.717, 1.165) is 5.56 Å². The summed E-state index contributed by atoms with van der Waals surface area (Å²) in [5, 5.41) is 3.22. The Bertz CT molecular complexity index is 1090. The molecule has 150 valence electrons. The molecule has 0 spiro atoms. The number of carbonyl (C=O) groups excluding carboxylic acids is 1. The Kier molecular flexibility index (Phi) is 6.90. The number of sulfonamides is 1. The van der Waals surface area contributed by atoms with Gasteiger partial charge in [0.1, 0.15) is 0 Å². The maximum absolute atomic E-state index is 12.6. The first kappa shape index (κ1) is 20.9. The van der Waals surface area contributed by atoms with Crippen molar-refractivity contribution >= 4 is 33.2 Å². The Morgan fingerprint density at radius 3 is 2.28 bits per heavy atom. The summed E-state index contributed by atoms with van der Waals surface area (Å²) < 4.78 is 27.7. The second-order valence-corrected chi connectivity index (χ2v) is 8.62. The Morgan fingerprint density at radius 1 is 0.862 bits per heavy atom. The number of hydrogen-bond donors (Lipinski definition) is 2. The lowest BCUT2D eigenvalue weighted by molar-refractivity contribution is 0.0955. The molecule has 0 saturated carbocycles. The lowest BCUT2D eigenvalue weighted by Gasteiger charge is -2.13. The normalized spacial score (nSPS) is 11.1. The van der Waals surface area contributed by atoms with Crippen LogP contribution in [0.25, 0.3) is 0 Å². The smallest absolute Gasteiger partial charge is 0.253 e. The molecule has 0 aromatic heterocycles. The number of benzene rings is 3. The molecule has 0 bridgehead atoms. The van der Waals surface area contributed by atoms with Gasteiger partial charge < -0.3 is 5.32 Å². The minimum Gasteiger partial charge on any atom is -0.352 e. The van der Waals surface area contributed by atoms with Gasteiger partial charge in [0, 0.05) is 11.6 Å². The van der Waals surface area contributed by atoms with Crippen LogP contribution in [0.1, 0.15) is 21.5 Å². The van der Waals surface area contributed by atoms with Crippen molar-refractivity contribution in [3.05, 3.63) is 101 Å². The van der Waals surface area contributed by atoms with Gasteiger partial charge in [0.2, 0.25) is 10.0 Å². The molecule has 0 aliphatic carbocycles. The maximum Gasteiger partial charge on any atom is 0.253 e.